The van der Waals surface area contributed by atoms with Gasteiger partial charge in [0.05, 0.1) is 0 Å². The van der Waals surface area contributed by atoms with Crippen LogP contribution in [0.4, 0.5) is 0 Å². The Hall–Kier alpha value is -0.970. The van der Waals surface area contributed by atoms with E-state index >= 15 is 0 Å². The predicted molar refractivity (Wildman–Crippen MR) is 91.0 cm³/mol. The molecule has 130 valence electrons. The van der Waals surface area contributed by atoms with Crippen molar-refractivity contribution in [3.8, 4) is 0 Å². The van der Waals surface area contributed by atoms with Gasteiger partial charge in [0.1, 0.15) is 0 Å². The Bertz CT molecular complexity index is 308. The molecular formula is C17H35N2O3+. The SMILES string of the molecule is O=C1CCCCCCCCCCCCCCCC1[N+](=O)[O-].[NH4+]. The van der Waals surface area contributed by atoms with Crippen molar-refractivity contribution in [1.82, 2.24) is 6.15 Å². The number of nitro groups is 1. The maximum absolute atomic E-state index is 12.0. The molecule has 1 aliphatic rings. The van der Waals surface area contributed by atoms with E-state index in [9.17, 15) is 14.9 Å². The zero-order valence-electron chi connectivity index (χ0n) is 14.4. The summed E-state index contributed by atoms with van der Waals surface area (Å²) in [5.41, 5.74) is 0. The summed E-state index contributed by atoms with van der Waals surface area (Å²) in [7, 11) is 0. The van der Waals surface area contributed by atoms with Gasteiger partial charge in [-0.1, -0.05) is 70.6 Å². The Morgan fingerprint density at radius 3 is 1.50 bits per heavy atom. The first-order chi connectivity index (χ1) is 10.2. The van der Waals surface area contributed by atoms with Gasteiger partial charge in [-0.05, 0) is 12.8 Å². The van der Waals surface area contributed by atoms with Gasteiger partial charge in [0.2, 0.25) is 5.78 Å². The summed E-state index contributed by atoms with van der Waals surface area (Å²) >= 11 is 0. The van der Waals surface area contributed by atoms with Crippen molar-refractivity contribution >= 4 is 5.78 Å². The van der Waals surface area contributed by atoms with E-state index in [-0.39, 0.29) is 16.9 Å². The fraction of sp³-hybridized carbons (Fsp3) is 0.941. The molecule has 1 unspecified atom stereocenters. The summed E-state index contributed by atoms with van der Waals surface area (Å²) in [6.07, 6.45) is 15.9. The topological polar surface area (TPSA) is 96.7 Å². The largest absolute Gasteiger partial charge is 0.369 e. The van der Waals surface area contributed by atoms with Gasteiger partial charge in [-0.2, -0.15) is 0 Å². The van der Waals surface area contributed by atoms with Crippen LogP contribution in [-0.4, -0.2) is 16.7 Å². The van der Waals surface area contributed by atoms with Gasteiger partial charge in [0, 0.05) is 17.8 Å². The quantitative estimate of drug-likeness (QED) is 0.515. The van der Waals surface area contributed by atoms with Crippen LogP contribution in [0.5, 0.6) is 0 Å². The van der Waals surface area contributed by atoms with Crippen LogP contribution in [0.1, 0.15) is 96.3 Å². The number of carbonyl (C=O) groups excluding carboxylic acids is 1. The average molecular weight is 315 g/mol. The van der Waals surface area contributed by atoms with E-state index in [4.69, 9.17) is 0 Å². The van der Waals surface area contributed by atoms with Crippen LogP contribution in [0, 0.1) is 10.1 Å². The summed E-state index contributed by atoms with van der Waals surface area (Å²) in [4.78, 5) is 22.6. The van der Waals surface area contributed by atoms with Gasteiger partial charge in [-0.25, -0.2) is 0 Å². The molecule has 0 spiro atoms. The van der Waals surface area contributed by atoms with Crippen LogP contribution in [0.2, 0.25) is 0 Å². The Kier molecular flexibility index (Phi) is 13.1. The Labute approximate surface area is 135 Å². The molecule has 1 atom stereocenters. The van der Waals surface area contributed by atoms with Gasteiger partial charge in [-0.3, -0.25) is 14.9 Å². The zero-order valence-corrected chi connectivity index (χ0v) is 14.4. The van der Waals surface area contributed by atoms with Crippen LogP contribution in [0.25, 0.3) is 0 Å². The van der Waals surface area contributed by atoms with Gasteiger partial charge in [0.15, 0.2) is 0 Å². The molecule has 0 amide bonds. The Morgan fingerprint density at radius 1 is 0.727 bits per heavy atom. The van der Waals surface area contributed by atoms with E-state index in [0.717, 1.165) is 38.5 Å². The molecule has 0 aromatic carbocycles. The van der Waals surface area contributed by atoms with Gasteiger partial charge >= 0.3 is 0 Å². The number of hydrogen-bond acceptors (Lipinski definition) is 3. The summed E-state index contributed by atoms with van der Waals surface area (Å²) in [6.45, 7) is 0. The lowest BCUT2D eigenvalue weighted by Crippen LogP contribution is -2.29. The number of Topliss-reactive ketones (excluding diaryl/α,β-unsaturated/α-hetero) is 1. The van der Waals surface area contributed by atoms with Crippen LogP contribution < -0.4 is 6.15 Å². The lowest BCUT2D eigenvalue weighted by atomic mass is 9.99. The van der Waals surface area contributed by atoms with Crippen molar-refractivity contribution in [2.75, 3.05) is 0 Å². The smallest absolute Gasteiger partial charge is 0.270 e. The van der Waals surface area contributed by atoms with E-state index in [1.165, 1.54) is 44.9 Å². The molecule has 1 aliphatic carbocycles. The number of hydrogen-bond donors (Lipinski definition) is 1. The van der Waals surface area contributed by atoms with Crippen molar-refractivity contribution in [2.24, 2.45) is 0 Å². The number of carbonyl (C=O) groups is 1. The van der Waals surface area contributed by atoms with Crippen molar-refractivity contribution in [2.45, 2.75) is 102 Å². The van der Waals surface area contributed by atoms with Crippen LogP contribution in [0.3, 0.4) is 0 Å². The monoisotopic (exact) mass is 315 g/mol. The third-order valence-electron chi connectivity index (χ3n) is 4.53. The summed E-state index contributed by atoms with van der Waals surface area (Å²) in [5, 5.41) is 11.0. The molecule has 0 bridgehead atoms. The molecule has 1 saturated carbocycles. The first-order valence-electron chi connectivity index (χ1n) is 8.88. The number of nitrogens with zero attached hydrogens (tertiary/aromatic N) is 1. The molecule has 0 heterocycles. The van der Waals surface area contributed by atoms with E-state index in [2.05, 4.69) is 0 Å². The van der Waals surface area contributed by atoms with Crippen molar-refractivity contribution in [1.29, 1.82) is 0 Å². The van der Waals surface area contributed by atoms with Crippen LogP contribution in [0.15, 0.2) is 0 Å². The highest BCUT2D eigenvalue weighted by Gasteiger charge is 2.27. The van der Waals surface area contributed by atoms with Crippen molar-refractivity contribution in [3.05, 3.63) is 10.1 Å². The zero-order chi connectivity index (χ0) is 15.3. The fourth-order valence-corrected chi connectivity index (χ4v) is 3.13. The van der Waals surface area contributed by atoms with E-state index in [0.29, 0.717) is 12.8 Å². The highest BCUT2D eigenvalue weighted by atomic mass is 16.6. The molecule has 0 aliphatic heterocycles. The molecule has 0 saturated heterocycles. The standard InChI is InChI=1S/C17H31NO3.H3N/c19-17-15-13-11-9-7-5-3-1-2-4-6-8-10-12-14-16(17)18(20)21;/h16H,1-15H2;1H3/p+1. The first-order valence-corrected chi connectivity index (χ1v) is 8.88. The third kappa shape index (κ3) is 9.87. The Balaban J connectivity index is 0.00000441. The molecule has 0 aromatic rings. The molecule has 5 heteroatoms. The maximum Gasteiger partial charge on any atom is 0.270 e. The van der Waals surface area contributed by atoms with E-state index in [1.54, 1.807) is 0 Å². The van der Waals surface area contributed by atoms with Crippen molar-refractivity contribution < 1.29 is 9.72 Å². The second-order valence-electron chi connectivity index (χ2n) is 6.40. The third-order valence-corrected chi connectivity index (χ3v) is 4.53. The van der Waals surface area contributed by atoms with E-state index < -0.39 is 6.04 Å². The molecule has 5 nitrogen and oxygen atoms in total. The normalized spacial score (nSPS) is 24.0. The fourth-order valence-electron chi connectivity index (χ4n) is 3.13. The minimum absolute atomic E-state index is 0. The molecule has 0 radical (unpaired) electrons. The second-order valence-corrected chi connectivity index (χ2v) is 6.40. The van der Waals surface area contributed by atoms with E-state index in [1.807, 2.05) is 0 Å². The van der Waals surface area contributed by atoms with Crippen LogP contribution >= 0.6 is 0 Å². The lowest BCUT2D eigenvalue weighted by molar-refractivity contribution is -0.508. The van der Waals surface area contributed by atoms with Crippen LogP contribution in [-0.2, 0) is 4.79 Å². The molecule has 0 aromatic heterocycles. The van der Waals surface area contributed by atoms with Gasteiger partial charge < -0.3 is 6.15 Å². The summed E-state index contributed by atoms with van der Waals surface area (Å²) < 4.78 is 0. The minimum Gasteiger partial charge on any atom is -0.369 e. The summed E-state index contributed by atoms with van der Waals surface area (Å²) in [5.74, 6) is -0.149. The van der Waals surface area contributed by atoms with Gasteiger partial charge in [-0.15, -0.1) is 0 Å². The number of quaternary nitrogens is 1. The van der Waals surface area contributed by atoms with Gasteiger partial charge in [0.25, 0.3) is 6.04 Å². The lowest BCUT2D eigenvalue weighted by Gasteiger charge is -2.08. The number of ketones is 1. The Morgan fingerprint density at radius 2 is 1.09 bits per heavy atom. The molecule has 4 N–H and O–H groups in total. The number of rotatable bonds is 1. The first kappa shape index (κ1) is 21.0. The molecule has 22 heavy (non-hydrogen) atoms. The molecule has 1 fully saturated rings. The highest BCUT2D eigenvalue weighted by Crippen LogP contribution is 2.16. The second kappa shape index (κ2) is 13.7. The maximum atomic E-state index is 12.0. The molecular weight excluding hydrogens is 280 g/mol. The predicted octanol–water partition coefficient (Wildman–Crippen LogP) is 5.44. The van der Waals surface area contributed by atoms with Crippen molar-refractivity contribution in [3.63, 3.8) is 0 Å². The highest BCUT2D eigenvalue weighted by molar-refractivity contribution is 5.82. The average Bonchev–Trinajstić information content (AvgIpc) is 2.45. The minimum atomic E-state index is -0.944. The molecule has 1 rings (SSSR count). The summed E-state index contributed by atoms with van der Waals surface area (Å²) in [6, 6.07) is -0.944.